The third kappa shape index (κ3) is 5.21. The van der Waals surface area contributed by atoms with Crippen molar-refractivity contribution in [3.05, 3.63) is 125 Å². The topological polar surface area (TPSA) is 57.7 Å². The van der Waals surface area contributed by atoms with Crippen molar-refractivity contribution in [2.75, 3.05) is 18.0 Å². The standard InChI is InChI=1S/C33H29FN2O3S/c34-27-13-10-25(11-14-27)22-36-29-21-26(12-15-31(29)40(39)30-9-5-4-8-28(30)33(36)38)32(37)35-18-16-24(17-19-35)20-23-6-2-1-3-7-23/h1-15,21,24H,16-20,22H2/t40-/m0/s1. The lowest BCUT2D eigenvalue weighted by Crippen LogP contribution is -2.39. The molecule has 202 valence electrons. The van der Waals surface area contributed by atoms with E-state index in [2.05, 4.69) is 24.3 Å². The van der Waals surface area contributed by atoms with Gasteiger partial charge in [0, 0.05) is 18.7 Å². The first-order valence-electron chi connectivity index (χ1n) is 13.5. The molecule has 0 saturated carbocycles. The molecule has 2 amide bonds. The molecule has 2 aliphatic heterocycles. The van der Waals surface area contributed by atoms with Crippen LogP contribution in [-0.4, -0.2) is 34.0 Å². The predicted octanol–water partition coefficient (Wildman–Crippen LogP) is 6.25. The Kier molecular flexibility index (Phi) is 7.30. The molecular weight excluding hydrogens is 523 g/mol. The van der Waals surface area contributed by atoms with Gasteiger partial charge in [-0.2, -0.15) is 0 Å². The Hall–Kier alpha value is -4.10. The molecule has 0 aliphatic carbocycles. The van der Waals surface area contributed by atoms with Crippen LogP contribution in [0.15, 0.2) is 107 Å². The van der Waals surface area contributed by atoms with Gasteiger partial charge in [-0.05, 0) is 78.8 Å². The maximum absolute atomic E-state index is 13.8. The van der Waals surface area contributed by atoms with Gasteiger partial charge in [-0.25, -0.2) is 8.60 Å². The highest BCUT2D eigenvalue weighted by molar-refractivity contribution is 7.85. The van der Waals surface area contributed by atoms with Crippen LogP contribution < -0.4 is 4.90 Å². The maximum Gasteiger partial charge on any atom is 0.259 e. The molecule has 1 fully saturated rings. The van der Waals surface area contributed by atoms with Gasteiger partial charge < -0.3 is 9.80 Å². The second-order valence-corrected chi connectivity index (χ2v) is 11.8. The lowest BCUT2D eigenvalue weighted by molar-refractivity contribution is 0.0690. The van der Waals surface area contributed by atoms with Crippen LogP contribution in [0.25, 0.3) is 0 Å². The summed E-state index contributed by atoms with van der Waals surface area (Å²) in [5.41, 5.74) is 3.29. The Morgan fingerprint density at radius 2 is 1.52 bits per heavy atom. The maximum atomic E-state index is 13.8. The fourth-order valence-corrected chi connectivity index (χ4v) is 6.94. The van der Waals surface area contributed by atoms with E-state index in [1.807, 2.05) is 11.0 Å². The Bertz CT molecular complexity index is 1580. The van der Waals surface area contributed by atoms with Gasteiger partial charge >= 0.3 is 0 Å². The minimum Gasteiger partial charge on any atom is -0.339 e. The van der Waals surface area contributed by atoms with Gasteiger partial charge in [0.15, 0.2) is 0 Å². The number of nitrogens with zero attached hydrogens (tertiary/aromatic N) is 2. The smallest absolute Gasteiger partial charge is 0.259 e. The van der Waals surface area contributed by atoms with E-state index in [1.165, 1.54) is 17.7 Å². The van der Waals surface area contributed by atoms with Crippen molar-refractivity contribution in [3.8, 4) is 0 Å². The highest BCUT2D eigenvalue weighted by Crippen LogP contribution is 2.36. The molecule has 2 aliphatic rings. The fraction of sp³-hybridized carbons (Fsp3) is 0.212. The summed E-state index contributed by atoms with van der Waals surface area (Å²) in [7, 11) is -1.61. The van der Waals surface area contributed by atoms with Crippen LogP contribution >= 0.6 is 0 Å². The molecule has 6 rings (SSSR count). The number of carbonyl (C=O) groups excluding carboxylic acids is 2. The number of rotatable bonds is 5. The number of anilines is 1. The SMILES string of the molecule is O=C(c1ccc2c(c1)N(Cc1ccc(F)cc1)C(=O)c1ccccc1[S@@]2=O)N1CCC(Cc2ccccc2)CC1. The molecule has 0 radical (unpaired) electrons. The molecule has 4 aromatic rings. The number of benzene rings is 4. The number of carbonyl (C=O) groups is 2. The largest absolute Gasteiger partial charge is 0.339 e. The average molecular weight is 553 g/mol. The van der Waals surface area contributed by atoms with E-state index >= 15 is 0 Å². The van der Waals surface area contributed by atoms with E-state index in [0.717, 1.165) is 24.8 Å². The normalized spacial score (nSPS) is 17.2. The highest BCUT2D eigenvalue weighted by atomic mass is 32.2. The second-order valence-electron chi connectivity index (χ2n) is 10.4. The summed E-state index contributed by atoms with van der Waals surface area (Å²) in [4.78, 5) is 31.8. The molecule has 0 unspecified atom stereocenters. The van der Waals surface area contributed by atoms with Crippen LogP contribution in [0.2, 0.25) is 0 Å². The molecule has 0 N–H and O–H groups in total. The zero-order valence-electron chi connectivity index (χ0n) is 22.0. The summed E-state index contributed by atoms with van der Waals surface area (Å²) in [6.07, 6.45) is 2.87. The minimum absolute atomic E-state index is 0.0947. The van der Waals surface area contributed by atoms with Crippen molar-refractivity contribution in [2.24, 2.45) is 5.92 Å². The van der Waals surface area contributed by atoms with E-state index in [9.17, 15) is 18.2 Å². The molecule has 5 nitrogen and oxygen atoms in total. The first-order chi connectivity index (χ1) is 19.5. The summed E-state index contributed by atoms with van der Waals surface area (Å²) in [6.45, 7) is 1.49. The van der Waals surface area contributed by atoms with Gasteiger partial charge in [0.25, 0.3) is 11.8 Å². The van der Waals surface area contributed by atoms with E-state index in [4.69, 9.17) is 0 Å². The Labute approximate surface area is 235 Å². The number of hydrogen-bond donors (Lipinski definition) is 0. The molecule has 1 saturated heterocycles. The Morgan fingerprint density at radius 3 is 2.27 bits per heavy atom. The molecule has 40 heavy (non-hydrogen) atoms. The van der Waals surface area contributed by atoms with Gasteiger partial charge in [-0.1, -0.05) is 54.6 Å². The van der Waals surface area contributed by atoms with Crippen molar-refractivity contribution in [1.82, 2.24) is 4.90 Å². The number of halogens is 1. The van der Waals surface area contributed by atoms with Crippen LogP contribution in [-0.2, 0) is 23.8 Å². The van der Waals surface area contributed by atoms with E-state index < -0.39 is 10.8 Å². The Balaban J connectivity index is 1.28. The summed E-state index contributed by atoms with van der Waals surface area (Å²) in [5.74, 6) is -0.234. The van der Waals surface area contributed by atoms with Crippen molar-refractivity contribution < 1.29 is 18.2 Å². The number of piperidine rings is 1. The van der Waals surface area contributed by atoms with Gasteiger partial charge in [0.05, 0.1) is 38.4 Å². The van der Waals surface area contributed by atoms with Crippen molar-refractivity contribution >= 4 is 28.3 Å². The zero-order chi connectivity index (χ0) is 27.6. The fourth-order valence-electron chi connectivity index (χ4n) is 5.60. The van der Waals surface area contributed by atoms with E-state index in [-0.39, 0.29) is 24.2 Å². The van der Waals surface area contributed by atoms with Crippen LogP contribution in [0.1, 0.15) is 44.7 Å². The molecule has 2 heterocycles. The van der Waals surface area contributed by atoms with Gasteiger partial charge in [-0.3, -0.25) is 9.59 Å². The van der Waals surface area contributed by atoms with Gasteiger partial charge in [0.2, 0.25) is 0 Å². The number of hydrogen-bond acceptors (Lipinski definition) is 3. The summed E-state index contributed by atoms with van der Waals surface area (Å²) in [6, 6.07) is 28.4. The van der Waals surface area contributed by atoms with E-state index in [0.29, 0.717) is 45.6 Å². The van der Waals surface area contributed by atoms with Gasteiger partial charge in [0.1, 0.15) is 5.82 Å². The van der Waals surface area contributed by atoms with Crippen LogP contribution in [0.4, 0.5) is 10.1 Å². The highest BCUT2D eigenvalue weighted by Gasteiger charge is 2.32. The second kappa shape index (κ2) is 11.2. The van der Waals surface area contributed by atoms with Crippen molar-refractivity contribution in [2.45, 2.75) is 35.6 Å². The summed E-state index contributed by atoms with van der Waals surface area (Å²) < 4.78 is 27.3. The molecule has 0 spiro atoms. The number of amides is 2. The van der Waals surface area contributed by atoms with E-state index in [1.54, 1.807) is 59.5 Å². The van der Waals surface area contributed by atoms with Crippen molar-refractivity contribution in [3.63, 3.8) is 0 Å². The van der Waals surface area contributed by atoms with Crippen LogP contribution in [0.5, 0.6) is 0 Å². The van der Waals surface area contributed by atoms with Crippen molar-refractivity contribution in [1.29, 1.82) is 0 Å². The third-order valence-electron chi connectivity index (χ3n) is 7.78. The number of fused-ring (bicyclic) bond motifs is 2. The average Bonchev–Trinajstić information content (AvgIpc) is 3.08. The third-order valence-corrected chi connectivity index (χ3v) is 9.28. The molecular formula is C33H29FN2O3S. The molecule has 0 aromatic heterocycles. The Morgan fingerprint density at radius 1 is 0.825 bits per heavy atom. The monoisotopic (exact) mass is 552 g/mol. The van der Waals surface area contributed by atoms with Gasteiger partial charge in [-0.15, -0.1) is 0 Å². The first-order valence-corrected chi connectivity index (χ1v) is 14.7. The van der Waals surface area contributed by atoms with Crippen LogP contribution in [0, 0.1) is 11.7 Å². The van der Waals surface area contributed by atoms with Crippen LogP contribution in [0.3, 0.4) is 0 Å². The molecule has 1 atom stereocenters. The lowest BCUT2D eigenvalue weighted by Gasteiger charge is -2.32. The summed E-state index contributed by atoms with van der Waals surface area (Å²) in [5, 5.41) is 0. The molecule has 0 bridgehead atoms. The zero-order valence-corrected chi connectivity index (χ0v) is 22.8. The molecule has 4 aromatic carbocycles. The predicted molar refractivity (Wildman–Crippen MR) is 153 cm³/mol. The molecule has 7 heteroatoms. The minimum atomic E-state index is -1.61. The lowest BCUT2D eigenvalue weighted by atomic mass is 9.90. The summed E-state index contributed by atoms with van der Waals surface area (Å²) >= 11 is 0. The number of likely N-dealkylation sites (tertiary alicyclic amines) is 1. The quantitative estimate of drug-likeness (QED) is 0.294. The first kappa shape index (κ1) is 26.1.